The highest BCUT2D eigenvalue weighted by Crippen LogP contribution is 2.23. The van der Waals surface area contributed by atoms with Crippen LogP contribution in [0.2, 0.25) is 0 Å². The van der Waals surface area contributed by atoms with Crippen molar-refractivity contribution in [1.82, 2.24) is 0 Å². The second kappa shape index (κ2) is 6.06. The molecule has 1 aromatic rings. The number of rotatable bonds is 6. The number of methoxy groups -OCH3 is 1. The summed E-state index contributed by atoms with van der Waals surface area (Å²) in [7, 11) is 1.73. The summed E-state index contributed by atoms with van der Waals surface area (Å²) in [5, 5.41) is 0. The molecule has 0 atom stereocenters. The lowest BCUT2D eigenvalue weighted by Crippen LogP contribution is -2.22. The Labute approximate surface area is 101 Å². The molecule has 0 saturated heterocycles. The molecule has 0 saturated carbocycles. The number of thioether (sulfide) groups is 1. The van der Waals surface area contributed by atoms with E-state index in [1.165, 1.54) is 0 Å². The number of hydrogen-bond donors (Lipinski definition) is 0. The maximum absolute atomic E-state index is 10.6. The first kappa shape index (κ1) is 13.3. The predicted octanol–water partition coefficient (Wildman–Crippen LogP) is 3.41. The van der Waals surface area contributed by atoms with Gasteiger partial charge in [-0.2, -0.15) is 0 Å². The number of hydrogen-bond acceptors (Lipinski definition) is 3. The summed E-state index contributed by atoms with van der Waals surface area (Å²) < 4.78 is 5.35. The Morgan fingerprint density at radius 3 is 2.81 bits per heavy atom. The van der Waals surface area contributed by atoms with Crippen LogP contribution >= 0.6 is 11.8 Å². The van der Waals surface area contributed by atoms with Gasteiger partial charge in [0.05, 0.1) is 5.60 Å². The first-order chi connectivity index (χ1) is 7.57. The zero-order valence-corrected chi connectivity index (χ0v) is 10.8. The summed E-state index contributed by atoms with van der Waals surface area (Å²) in [5.74, 6) is 0.989. The summed E-state index contributed by atoms with van der Waals surface area (Å²) in [6, 6.07) is 7.67. The lowest BCUT2D eigenvalue weighted by Gasteiger charge is -2.22. The Bertz CT molecular complexity index is 348. The lowest BCUT2D eigenvalue weighted by molar-refractivity contribution is 0.0207. The maximum atomic E-state index is 10.6. The first-order valence-corrected chi connectivity index (χ1v) is 6.29. The fourth-order valence-corrected chi connectivity index (χ4v) is 2.42. The summed E-state index contributed by atoms with van der Waals surface area (Å²) in [6.45, 7) is 4.16. The van der Waals surface area contributed by atoms with E-state index in [2.05, 4.69) is 13.8 Å². The van der Waals surface area contributed by atoms with Gasteiger partial charge in [0.15, 0.2) is 0 Å². The van der Waals surface area contributed by atoms with Crippen LogP contribution in [0.3, 0.4) is 0 Å². The van der Waals surface area contributed by atoms with Crippen LogP contribution in [0.1, 0.15) is 30.6 Å². The lowest BCUT2D eigenvalue weighted by atomic mass is 10.1. The maximum Gasteiger partial charge on any atom is 0.150 e. The molecule has 1 aromatic carbocycles. The van der Waals surface area contributed by atoms with E-state index in [-0.39, 0.29) is 5.60 Å². The zero-order chi connectivity index (χ0) is 12.0. The molecule has 0 bridgehead atoms. The minimum Gasteiger partial charge on any atom is -0.379 e. The van der Waals surface area contributed by atoms with E-state index in [1.807, 2.05) is 24.3 Å². The molecular formula is C13H18O2S. The van der Waals surface area contributed by atoms with Crippen LogP contribution in [0.25, 0.3) is 0 Å². The molecule has 0 amide bonds. The number of aldehydes is 1. The number of ether oxygens (including phenoxy) is 1. The van der Waals surface area contributed by atoms with Gasteiger partial charge in [0.25, 0.3) is 0 Å². The third-order valence-corrected chi connectivity index (χ3v) is 3.52. The van der Waals surface area contributed by atoms with Gasteiger partial charge in [-0.15, -0.1) is 11.8 Å². The van der Waals surface area contributed by atoms with Crippen LogP contribution in [0, 0.1) is 0 Å². The van der Waals surface area contributed by atoms with Gasteiger partial charge in [-0.25, -0.2) is 0 Å². The Hall–Kier alpha value is -0.800. The summed E-state index contributed by atoms with van der Waals surface area (Å²) in [5.41, 5.74) is 0.658. The van der Waals surface area contributed by atoms with E-state index in [1.54, 1.807) is 18.9 Å². The highest BCUT2D eigenvalue weighted by atomic mass is 32.2. The van der Waals surface area contributed by atoms with Gasteiger partial charge >= 0.3 is 0 Å². The normalized spacial score (nSPS) is 11.4. The second-order valence-corrected chi connectivity index (χ2v) is 5.42. The average molecular weight is 238 g/mol. The minimum absolute atomic E-state index is 0.0741. The Kier molecular flexibility index (Phi) is 5.03. The fraction of sp³-hybridized carbons (Fsp3) is 0.462. The van der Waals surface area contributed by atoms with Crippen molar-refractivity contribution in [3.63, 3.8) is 0 Å². The molecule has 0 heterocycles. The van der Waals surface area contributed by atoms with Gasteiger partial charge in [-0.1, -0.05) is 12.1 Å². The molecule has 0 aliphatic rings. The van der Waals surface area contributed by atoms with Crippen LogP contribution in [-0.2, 0) is 4.74 Å². The van der Waals surface area contributed by atoms with E-state index in [9.17, 15) is 4.79 Å². The topological polar surface area (TPSA) is 26.3 Å². The molecule has 0 aromatic heterocycles. The number of carbonyl (C=O) groups excluding carboxylic acids is 1. The van der Waals surface area contributed by atoms with Crippen LogP contribution in [-0.4, -0.2) is 24.7 Å². The number of carbonyl (C=O) groups is 1. The van der Waals surface area contributed by atoms with Crippen molar-refractivity contribution in [2.75, 3.05) is 12.9 Å². The predicted molar refractivity (Wildman–Crippen MR) is 68.3 cm³/mol. The van der Waals surface area contributed by atoms with Crippen molar-refractivity contribution >= 4 is 18.0 Å². The van der Waals surface area contributed by atoms with Gasteiger partial charge in [0.1, 0.15) is 6.29 Å². The van der Waals surface area contributed by atoms with E-state index in [0.717, 1.165) is 28.9 Å². The molecule has 16 heavy (non-hydrogen) atoms. The second-order valence-electron chi connectivity index (χ2n) is 4.25. The Morgan fingerprint density at radius 1 is 1.44 bits per heavy atom. The molecular weight excluding hydrogens is 220 g/mol. The molecule has 2 nitrogen and oxygen atoms in total. The van der Waals surface area contributed by atoms with Gasteiger partial charge in [-0.05, 0) is 32.4 Å². The molecule has 0 spiro atoms. The largest absolute Gasteiger partial charge is 0.379 e. The highest BCUT2D eigenvalue weighted by molar-refractivity contribution is 7.99. The molecule has 0 aliphatic carbocycles. The van der Waals surface area contributed by atoms with Crippen molar-refractivity contribution in [3.05, 3.63) is 29.8 Å². The Balaban J connectivity index is 2.45. The summed E-state index contributed by atoms with van der Waals surface area (Å²) in [4.78, 5) is 11.7. The molecule has 0 radical (unpaired) electrons. The van der Waals surface area contributed by atoms with Gasteiger partial charge in [0, 0.05) is 23.3 Å². The molecule has 88 valence electrons. The van der Waals surface area contributed by atoms with Crippen molar-refractivity contribution in [2.24, 2.45) is 0 Å². The summed E-state index contributed by atoms with van der Waals surface area (Å²) >= 11 is 1.75. The quantitative estimate of drug-likeness (QED) is 0.561. The van der Waals surface area contributed by atoms with Gasteiger partial charge < -0.3 is 4.74 Å². The van der Waals surface area contributed by atoms with E-state index < -0.39 is 0 Å². The van der Waals surface area contributed by atoms with Crippen LogP contribution in [0.15, 0.2) is 29.2 Å². The van der Waals surface area contributed by atoms with Gasteiger partial charge in [0.2, 0.25) is 0 Å². The smallest absolute Gasteiger partial charge is 0.150 e. The molecule has 0 aliphatic heterocycles. The van der Waals surface area contributed by atoms with Crippen molar-refractivity contribution in [1.29, 1.82) is 0 Å². The number of benzene rings is 1. The summed E-state index contributed by atoms with van der Waals surface area (Å²) in [6.07, 6.45) is 1.86. The van der Waals surface area contributed by atoms with Crippen LogP contribution in [0.4, 0.5) is 0 Å². The average Bonchev–Trinajstić information content (AvgIpc) is 2.29. The standard InChI is InChI=1S/C13H18O2S/c1-13(2,15-3)7-8-16-12-6-4-5-11(9-12)10-14/h4-6,9-10H,7-8H2,1-3H3. The molecule has 0 N–H and O–H groups in total. The SMILES string of the molecule is COC(C)(C)CCSc1cccc(C=O)c1. The van der Waals surface area contributed by atoms with Crippen molar-refractivity contribution < 1.29 is 9.53 Å². The minimum atomic E-state index is -0.0741. The molecule has 0 fully saturated rings. The zero-order valence-electron chi connectivity index (χ0n) is 10.0. The van der Waals surface area contributed by atoms with E-state index in [4.69, 9.17) is 4.74 Å². The highest BCUT2D eigenvalue weighted by Gasteiger charge is 2.15. The van der Waals surface area contributed by atoms with Crippen LogP contribution < -0.4 is 0 Å². The monoisotopic (exact) mass is 238 g/mol. The first-order valence-electron chi connectivity index (χ1n) is 5.30. The molecule has 1 rings (SSSR count). The molecule has 0 unspecified atom stereocenters. The van der Waals surface area contributed by atoms with E-state index >= 15 is 0 Å². The Morgan fingerprint density at radius 2 is 2.19 bits per heavy atom. The van der Waals surface area contributed by atoms with E-state index in [0.29, 0.717) is 0 Å². The van der Waals surface area contributed by atoms with Crippen molar-refractivity contribution in [3.8, 4) is 0 Å². The van der Waals surface area contributed by atoms with Gasteiger partial charge in [-0.3, -0.25) is 4.79 Å². The van der Waals surface area contributed by atoms with Crippen LogP contribution in [0.5, 0.6) is 0 Å². The van der Waals surface area contributed by atoms with Crippen molar-refractivity contribution in [2.45, 2.75) is 30.8 Å². The fourth-order valence-electron chi connectivity index (χ4n) is 1.19. The molecule has 3 heteroatoms. The third kappa shape index (κ3) is 4.37. The third-order valence-electron chi connectivity index (χ3n) is 2.52.